The maximum atomic E-state index is 8.06. The number of benzene rings is 5. The van der Waals surface area contributed by atoms with Crippen LogP contribution in [-0.4, -0.2) is 21.4 Å². The molecule has 2 aromatic heterocycles. The smallest absolute Gasteiger partial charge is 0.135 e. The van der Waals surface area contributed by atoms with E-state index < -0.39 is 6.98 Å². The molecule has 0 amide bonds. The average Bonchev–Trinajstić information content (AvgIpc) is 3.76. The predicted molar refractivity (Wildman–Crippen MR) is 208 cm³/mol. The second kappa shape index (κ2) is 12.5. The maximum absolute atomic E-state index is 8.06. The van der Waals surface area contributed by atoms with Crippen LogP contribution in [0.1, 0.15) is 61.0 Å². The molecule has 0 fully saturated rings. The molecular formula is C46H39N4OPt-3. The SMILES string of the molecule is [2H]C([2H])([2H])N1C=C2c3ccccc3-c3ccc(Oc4[c-]c5c(cc4)c4cc(C(C)(C)C)ccc4n5-c4cc(C(C)(C)c5ccccc5)ccn4)[c-]c3N2[CH-]1.[Pt]. The Labute approximate surface area is 324 Å². The van der Waals surface area contributed by atoms with Crippen LogP contribution in [0.15, 0.2) is 122 Å². The first-order valence-electron chi connectivity index (χ1n) is 18.8. The van der Waals surface area contributed by atoms with Gasteiger partial charge in [0.15, 0.2) is 0 Å². The Morgan fingerprint density at radius 2 is 1.46 bits per heavy atom. The molecule has 0 N–H and O–H groups in total. The molecule has 0 atom stereocenters. The summed E-state index contributed by atoms with van der Waals surface area (Å²) in [6, 6.07) is 44.6. The number of fused-ring (bicyclic) bond motifs is 9. The summed E-state index contributed by atoms with van der Waals surface area (Å²) in [5, 5.41) is 2.17. The Balaban J connectivity index is 0.00000427. The molecule has 0 unspecified atom stereocenters. The van der Waals surface area contributed by atoms with E-state index in [-0.39, 0.29) is 31.9 Å². The summed E-state index contributed by atoms with van der Waals surface area (Å²) < 4.78 is 32.9. The van der Waals surface area contributed by atoms with Crippen LogP contribution in [0.4, 0.5) is 5.69 Å². The second-order valence-electron chi connectivity index (χ2n) is 14.9. The van der Waals surface area contributed by atoms with Gasteiger partial charge in [0, 0.05) is 59.5 Å². The summed E-state index contributed by atoms with van der Waals surface area (Å²) in [5.41, 5.74) is 9.65. The van der Waals surface area contributed by atoms with Gasteiger partial charge in [-0.25, -0.2) is 4.98 Å². The van der Waals surface area contributed by atoms with Crippen molar-refractivity contribution in [2.24, 2.45) is 0 Å². The molecular weight excluding hydrogens is 820 g/mol. The molecule has 6 heteroatoms. The first-order chi connectivity index (χ1) is 25.8. The molecule has 5 aromatic carbocycles. The molecule has 5 nitrogen and oxygen atoms in total. The Morgan fingerprint density at radius 3 is 2.25 bits per heavy atom. The second-order valence-corrected chi connectivity index (χ2v) is 14.9. The van der Waals surface area contributed by atoms with E-state index in [0.29, 0.717) is 11.5 Å². The summed E-state index contributed by atoms with van der Waals surface area (Å²) in [5.74, 6) is 1.82. The summed E-state index contributed by atoms with van der Waals surface area (Å²) in [7, 11) is 0. The first kappa shape index (κ1) is 30.5. The Kier molecular flexibility index (Phi) is 7.35. The molecule has 52 heavy (non-hydrogen) atoms. The van der Waals surface area contributed by atoms with Gasteiger partial charge >= 0.3 is 0 Å². The molecule has 0 aliphatic carbocycles. The summed E-state index contributed by atoms with van der Waals surface area (Å²) >= 11 is 0. The number of aromatic nitrogens is 2. The quantitative estimate of drug-likeness (QED) is 0.162. The van der Waals surface area contributed by atoms with Gasteiger partial charge in [-0.1, -0.05) is 118 Å². The summed E-state index contributed by atoms with van der Waals surface area (Å²) in [4.78, 5) is 8.08. The monoisotopic (exact) mass is 861 g/mol. The van der Waals surface area contributed by atoms with Crippen LogP contribution >= 0.6 is 0 Å². The van der Waals surface area contributed by atoms with Crippen LogP contribution in [0, 0.1) is 18.8 Å². The fourth-order valence-corrected chi connectivity index (χ4v) is 7.42. The van der Waals surface area contributed by atoms with Gasteiger partial charge in [0.25, 0.3) is 0 Å². The van der Waals surface area contributed by atoms with Crippen LogP contribution in [0.2, 0.25) is 0 Å². The van der Waals surface area contributed by atoms with Crippen molar-refractivity contribution in [3.8, 4) is 28.4 Å². The van der Waals surface area contributed by atoms with E-state index in [9.17, 15) is 0 Å². The number of hydrogen-bond donors (Lipinski definition) is 0. The molecule has 0 spiro atoms. The molecule has 9 rings (SSSR count). The molecule has 2 aliphatic heterocycles. The largest absolute Gasteiger partial charge is 0.510 e. The number of rotatable bonds is 5. The van der Waals surface area contributed by atoms with E-state index in [4.69, 9.17) is 13.8 Å². The Bertz CT molecular complexity index is 2640. The number of ether oxygens (including phenoxy) is 1. The third-order valence-corrected chi connectivity index (χ3v) is 10.3. The number of hydrogen-bond acceptors (Lipinski definition) is 4. The summed E-state index contributed by atoms with van der Waals surface area (Å²) in [6.07, 6.45) is 3.56. The van der Waals surface area contributed by atoms with Gasteiger partial charge in [-0.2, -0.15) is 18.8 Å². The van der Waals surface area contributed by atoms with Crippen LogP contribution in [0.25, 0.3) is 44.4 Å². The Morgan fingerprint density at radius 1 is 0.712 bits per heavy atom. The number of pyridine rings is 1. The molecule has 0 saturated heterocycles. The zero-order valence-corrected chi connectivity index (χ0v) is 31.9. The minimum absolute atomic E-state index is 0. The number of anilines is 1. The van der Waals surface area contributed by atoms with E-state index >= 15 is 0 Å². The predicted octanol–water partition coefficient (Wildman–Crippen LogP) is 11.0. The molecule has 262 valence electrons. The third kappa shape index (κ3) is 5.54. The normalized spacial score (nSPS) is 14.9. The van der Waals surface area contributed by atoms with Gasteiger partial charge in [0.1, 0.15) is 5.82 Å². The van der Waals surface area contributed by atoms with Gasteiger partial charge < -0.3 is 19.1 Å². The van der Waals surface area contributed by atoms with Crippen LogP contribution in [0.3, 0.4) is 0 Å². The van der Waals surface area contributed by atoms with Gasteiger partial charge in [0.05, 0.1) is 0 Å². The molecule has 2 aliphatic rings. The van der Waals surface area contributed by atoms with E-state index in [1.165, 1.54) is 16.0 Å². The fourth-order valence-electron chi connectivity index (χ4n) is 7.42. The van der Waals surface area contributed by atoms with Crippen molar-refractivity contribution in [3.05, 3.63) is 163 Å². The van der Waals surface area contributed by atoms with Crippen molar-refractivity contribution < 1.29 is 29.9 Å². The van der Waals surface area contributed by atoms with E-state index in [1.807, 2.05) is 59.6 Å². The molecule has 7 aromatic rings. The molecule has 0 radical (unpaired) electrons. The van der Waals surface area contributed by atoms with Crippen LogP contribution in [-0.2, 0) is 31.9 Å². The topological polar surface area (TPSA) is 33.5 Å². The van der Waals surface area contributed by atoms with Crippen molar-refractivity contribution in [1.29, 1.82) is 0 Å². The van der Waals surface area contributed by atoms with E-state index in [0.717, 1.165) is 61.3 Å². The van der Waals surface area contributed by atoms with Crippen molar-refractivity contribution in [3.63, 3.8) is 0 Å². The van der Waals surface area contributed by atoms with Gasteiger partial charge in [0.2, 0.25) is 0 Å². The fraction of sp³-hybridized carbons (Fsp3) is 0.174. The third-order valence-electron chi connectivity index (χ3n) is 10.3. The minimum Gasteiger partial charge on any atom is -0.510 e. The van der Waals surface area contributed by atoms with Gasteiger partial charge in [-0.05, 0) is 64.4 Å². The maximum Gasteiger partial charge on any atom is 0.135 e. The van der Waals surface area contributed by atoms with Crippen molar-refractivity contribution in [1.82, 2.24) is 14.5 Å². The number of nitrogens with zero attached hydrogens (tertiary/aromatic N) is 4. The van der Waals surface area contributed by atoms with Crippen molar-refractivity contribution in [2.75, 3.05) is 11.9 Å². The minimum atomic E-state index is -2.32. The van der Waals surface area contributed by atoms with Crippen LogP contribution < -0.4 is 9.64 Å². The zero-order chi connectivity index (χ0) is 37.6. The zero-order valence-electron chi connectivity index (χ0n) is 32.6. The first-order valence-corrected chi connectivity index (χ1v) is 17.3. The van der Waals surface area contributed by atoms with Crippen molar-refractivity contribution >= 4 is 33.2 Å². The average molecular weight is 862 g/mol. The Hall–Kier alpha value is -5.12. The molecule has 0 bridgehead atoms. The van der Waals surface area contributed by atoms with Crippen LogP contribution in [0.5, 0.6) is 11.5 Å². The van der Waals surface area contributed by atoms with Gasteiger partial charge in [-0.15, -0.1) is 35.2 Å². The summed E-state index contributed by atoms with van der Waals surface area (Å²) in [6.45, 7) is 10.5. The molecule has 0 saturated carbocycles. The van der Waals surface area contributed by atoms with E-state index in [2.05, 4.69) is 112 Å². The molecule has 4 heterocycles. The van der Waals surface area contributed by atoms with E-state index in [1.54, 1.807) is 12.9 Å². The van der Waals surface area contributed by atoms with Gasteiger partial charge in [-0.3, -0.25) is 0 Å². The van der Waals surface area contributed by atoms with Crippen molar-refractivity contribution in [2.45, 2.75) is 45.4 Å². The standard InChI is InChI=1S/C46H39N4O.Pt/c1-45(2,3)31-16-21-40-39(24-31)38-20-18-34(27-42(38)50(40)44-25-32(22-23-47-44)46(4,5)30-12-8-7-9-13-30)51-33-17-19-37-35-14-10-11-15-36(35)43-28-48(6)29-49(43)41(37)26-33;/h7-25,28-29H,1-6H3;/q-3;/i6D3;.